The van der Waals surface area contributed by atoms with Crippen LogP contribution < -0.4 is 10.1 Å². The van der Waals surface area contributed by atoms with Gasteiger partial charge in [0.05, 0.1) is 12.3 Å². The molecule has 1 N–H and O–H groups in total. The Morgan fingerprint density at radius 1 is 1.39 bits per heavy atom. The summed E-state index contributed by atoms with van der Waals surface area (Å²) in [4.78, 5) is 11.2. The van der Waals surface area contributed by atoms with Gasteiger partial charge in [-0.3, -0.25) is 5.32 Å². The van der Waals surface area contributed by atoms with Gasteiger partial charge in [0.2, 0.25) is 0 Å². The Kier molecular flexibility index (Phi) is 4.41. The second-order valence-electron chi connectivity index (χ2n) is 3.34. The minimum Gasteiger partial charge on any atom is -0.450 e. The molecule has 1 rings (SSSR count). The highest BCUT2D eigenvalue weighted by molar-refractivity contribution is 5.88. The van der Waals surface area contributed by atoms with Crippen LogP contribution in [-0.2, 0) is 4.74 Å². The van der Waals surface area contributed by atoms with Crippen molar-refractivity contribution in [2.75, 3.05) is 11.9 Å². The van der Waals surface area contributed by atoms with Gasteiger partial charge in [-0.2, -0.15) is 0 Å². The number of hydrogen-bond donors (Lipinski definition) is 1. The highest BCUT2D eigenvalue weighted by Crippen LogP contribution is 2.32. The number of para-hydroxylation sites is 1. The standard InChI is InChI=1S/C11H12F3NO3/c1-3-17-10(16)15-9-7(2)5-4-6-8(9)18-11(12,13)14/h4-6H,3H2,1-2H3,(H,15,16). The largest absolute Gasteiger partial charge is 0.573 e. The summed E-state index contributed by atoms with van der Waals surface area (Å²) < 4.78 is 44.9. The minimum absolute atomic E-state index is 0.0618. The van der Waals surface area contributed by atoms with Crippen molar-refractivity contribution in [2.45, 2.75) is 20.2 Å². The Morgan fingerprint density at radius 2 is 2.06 bits per heavy atom. The summed E-state index contributed by atoms with van der Waals surface area (Å²) in [6.07, 6.45) is -5.65. The first-order chi connectivity index (χ1) is 8.33. The van der Waals surface area contributed by atoms with E-state index in [0.29, 0.717) is 5.56 Å². The number of ether oxygens (including phenoxy) is 2. The number of aryl methyl sites for hydroxylation is 1. The Bertz CT molecular complexity index is 432. The summed E-state index contributed by atoms with van der Waals surface area (Å²) in [5, 5.41) is 2.22. The Balaban J connectivity index is 2.97. The van der Waals surface area contributed by atoms with Gasteiger partial charge in [0.1, 0.15) is 0 Å². The van der Waals surface area contributed by atoms with Gasteiger partial charge in [-0.05, 0) is 25.5 Å². The molecule has 0 radical (unpaired) electrons. The fourth-order valence-electron chi connectivity index (χ4n) is 1.28. The predicted octanol–water partition coefficient (Wildman–Crippen LogP) is 3.46. The number of benzene rings is 1. The molecule has 0 atom stereocenters. The Hall–Kier alpha value is -1.92. The molecule has 0 aliphatic rings. The maximum absolute atomic E-state index is 12.2. The second-order valence-corrected chi connectivity index (χ2v) is 3.34. The van der Waals surface area contributed by atoms with Gasteiger partial charge in [0.25, 0.3) is 0 Å². The second kappa shape index (κ2) is 5.61. The molecule has 7 heteroatoms. The normalized spacial score (nSPS) is 10.9. The zero-order valence-electron chi connectivity index (χ0n) is 9.80. The molecule has 0 fully saturated rings. The van der Waals surface area contributed by atoms with Crippen molar-refractivity contribution in [3.63, 3.8) is 0 Å². The molecule has 1 aromatic carbocycles. The zero-order valence-corrected chi connectivity index (χ0v) is 9.80. The van der Waals surface area contributed by atoms with Crippen molar-refractivity contribution in [1.29, 1.82) is 0 Å². The molecule has 0 aromatic heterocycles. The van der Waals surface area contributed by atoms with E-state index in [1.807, 2.05) is 0 Å². The molecular weight excluding hydrogens is 251 g/mol. The van der Waals surface area contributed by atoms with E-state index in [2.05, 4.69) is 14.8 Å². The lowest BCUT2D eigenvalue weighted by atomic mass is 10.2. The molecule has 0 aliphatic heterocycles. The lowest BCUT2D eigenvalue weighted by molar-refractivity contribution is -0.274. The fourth-order valence-corrected chi connectivity index (χ4v) is 1.28. The van der Waals surface area contributed by atoms with E-state index in [0.717, 1.165) is 6.07 Å². The van der Waals surface area contributed by atoms with Crippen LogP contribution in [0.4, 0.5) is 23.7 Å². The predicted molar refractivity (Wildman–Crippen MR) is 58.5 cm³/mol. The van der Waals surface area contributed by atoms with Gasteiger partial charge in [-0.25, -0.2) is 4.79 Å². The maximum atomic E-state index is 12.2. The molecule has 0 spiro atoms. The van der Waals surface area contributed by atoms with E-state index in [4.69, 9.17) is 0 Å². The summed E-state index contributed by atoms with van der Waals surface area (Å²) >= 11 is 0. The lowest BCUT2D eigenvalue weighted by Crippen LogP contribution is -2.20. The van der Waals surface area contributed by atoms with Crippen molar-refractivity contribution < 1.29 is 27.4 Å². The van der Waals surface area contributed by atoms with Crippen molar-refractivity contribution in [2.24, 2.45) is 0 Å². The molecule has 0 heterocycles. The highest BCUT2D eigenvalue weighted by Gasteiger charge is 2.32. The number of anilines is 1. The fraction of sp³-hybridized carbons (Fsp3) is 0.364. The van der Waals surface area contributed by atoms with Crippen molar-refractivity contribution in [3.8, 4) is 5.75 Å². The third-order valence-corrected chi connectivity index (χ3v) is 1.96. The average Bonchev–Trinajstić information content (AvgIpc) is 2.21. The number of carbonyl (C=O) groups is 1. The molecule has 1 aromatic rings. The van der Waals surface area contributed by atoms with Crippen LogP contribution in [0.2, 0.25) is 0 Å². The van der Waals surface area contributed by atoms with E-state index in [1.165, 1.54) is 6.07 Å². The molecule has 0 unspecified atom stereocenters. The molecular formula is C11H12F3NO3. The maximum Gasteiger partial charge on any atom is 0.573 e. The molecule has 0 aliphatic carbocycles. The van der Waals surface area contributed by atoms with E-state index in [9.17, 15) is 18.0 Å². The van der Waals surface area contributed by atoms with Crippen molar-refractivity contribution in [3.05, 3.63) is 23.8 Å². The van der Waals surface area contributed by atoms with Gasteiger partial charge >= 0.3 is 12.5 Å². The van der Waals surface area contributed by atoms with Gasteiger partial charge in [0.15, 0.2) is 5.75 Å². The number of nitrogens with one attached hydrogen (secondary N) is 1. The minimum atomic E-state index is -4.82. The van der Waals surface area contributed by atoms with Crippen LogP contribution in [-0.4, -0.2) is 19.1 Å². The Morgan fingerprint density at radius 3 is 2.61 bits per heavy atom. The summed E-state index contributed by atoms with van der Waals surface area (Å²) in [6.45, 7) is 3.25. The zero-order chi connectivity index (χ0) is 13.8. The van der Waals surface area contributed by atoms with Crippen LogP contribution in [0.15, 0.2) is 18.2 Å². The first kappa shape index (κ1) is 14.1. The third-order valence-electron chi connectivity index (χ3n) is 1.96. The van der Waals surface area contributed by atoms with Crippen LogP contribution in [0.5, 0.6) is 5.75 Å². The third kappa shape index (κ3) is 4.15. The van der Waals surface area contributed by atoms with Gasteiger partial charge < -0.3 is 9.47 Å². The van der Waals surface area contributed by atoms with E-state index in [1.54, 1.807) is 19.9 Å². The topological polar surface area (TPSA) is 47.6 Å². The van der Waals surface area contributed by atoms with Crippen LogP contribution in [0, 0.1) is 6.92 Å². The smallest absolute Gasteiger partial charge is 0.450 e. The number of carbonyl (C=O) groups excluding carboxylic acids is 1. The van der Waals surface area contributed by atoms with Gasteiger partial charge in [-0.1, -0.05) is 12.1 Å². The first-order valence-corrected chi connectivity index (χ1v) is 5.12. The number of halogens is 3. The molecule has 4 nitrogen and oxygen atoms in total. The van der Waals surface area contributed by atoms with Gasteiger partial charge in [0, 0.05) is 0 Å². The summed E-state index contributed by atoms with van der Waals surface area (Å²) in [7, 11) is 0. The first-order valence-electron chi connectivity index (χ1n) is 5.12. The van der Waals surface area contributed by atoms with E-state index < -0.39 is 18.2 Å². The van der Waals surface area contributed by atoms with Crippen molar-refractivity contribution in [1.82, 2.24) is 0 Å². The lowest BCUT2D eigenvalue weighted by Gasteiger charge is -2.15. The molecule has 18 heavy (non-hydrogen) atoms. The van der Waals surface area contributed by atoms with Crippen LogP contribution >= 0.6 is 0 Å². The molecule has 1 amide bonds. The number of amides is 1. The summed E-state index contributed by atoms with van der Waals surface area (Å²) in [5.74, 6) is -0.476. The summed E-state index contributed by atoms with van der Waals surface area (Å²) in [6, 6.07) is 4.06. The summed E-state index contributed by atoms with van der Waals surface area (Å²) in [5.41, 5.74) is 0.373. The highest BCUT2D eigenvalue weighted by atomic mass is 19.4. The van der Waals surface area contributed by atoms with Gasteiger partial charge in [-0.15, -0.1) is 13.2 Å². The monoisotopic (exact) mass is 263 g/mol. The van der Waals surface area contributed by atoms with E-state index >= 15 is 0 Å². The number of alkyl halides is 3. The molecule has 0 saturated carbocycles. The number of hydrogen-bond acceptors (Lipinski definition) is 3. The Labute approximate surface area is 102 Å². The average molecular weight is 263 g/mol. The quantitative estimate of drug-likeness (QED) is 0.908. The SMILES string of the molecule is CCOC(=O)Nc1c(C)cccc1OC(F)(F)F. The van der Waals surface area contributed by atoms with Crippen LogP contribution in [0.25, 0.3) is 0 Å². The molecule has 100 valence electrons. The molecule has 0 saturated heterocycles. The number of rotatable bonds is 3. The van der Waals surface area contributed by atoms with Crippen LogP contribution in [0.3, 0.4) is 0 Å². The van der Waals surface area contributed by atoms with Crippen LogP contribution in [0.1, 0.15) is 12.5 Å². The van der Waals surface area contributed by atoms with Crippen molar-refractivity contribution >= 4 is 11.8 Å². The molecule has 0 bridgehead atoms. The van der Waals surface area contributed by atoms with E-state index in [-0.39, 0.29) is 12.3 Å².